The maximum absolute atomic E-state index is 12.3. The number of benzene rings is 2. The molecule has 1 amide bonds. The van der Waals surface area contributed by atoms with Crippen molar-refractivity contribution in [3.63, 3.8) is 0 Å². The molecule has 0 radical (unpaired) electrons. The molecule has 21 heavy (non-hydrogen) atoms. The average molecular weight is 280 g/mol. The molecule has 0 saturated heterocycles. The van der Waals surface area contributed by atoms with E-state index < -0.39 is 0 Å². The van der Waals surface area contributed by atoms with Crippen molar-refractivity contribution in [2.75, 3.05) is 11.9 Å². The molecule has 106 valence electrons. The summed E-state index contributed by atoms with van der Waals surface area (Å²) in [6.45, 7) is 3.83. The number of carbonyl (C=O) groups is 1. The molecule has 0 aliphatic heterocycles. The van der Waals surface area contributed by atoms with Gasteiger partial charge in [-0.25, -0.2) is 0 Å². The molecule has 0 spiro atoms. The zero-order valence-electron chi connectivity index (χ0n) is 12.0. The predicted octanol–water partition coefficient (Wildman–Crippen LogP) is 3.46. The van der Waals surface area contributed by atoms with Crippen molar-refractivity contribution in [2.24, 2.45) is 0 Å². The Morgan fingerprint density at radius 2 is 2.00 bits per heavy atom. The van der Waals surface area contributed by atoms with Crippen LogP contribution in [0, 0.1) is 25.2 Å². The second kappa shape index (κ2) is 6.58. The fourth-order valence-electron chi connectivity index (χ4n) is 2.06. The second-order valence-electron chi connectivity index (χ2n) is 4.72. The minimum absolute atomic E-state index is 0.0591. The zero-order chi connectivity index (χ0) is 15.2. The van der Waals surface area contributed by atoms with Gasteiger partial charge in [-0.3, -0.25) is 4.79 Å². The number of para-hydroxylation sites is 2. The van der Waals surface area contributed by atoms with E-state index in [0.717, 1.165) is 11.1 Å². The summed E-state index contributed by atoms with van der Waals surface area (Å²) in [6.07, 6.45) is 0. The summed E-state index contributed by atoms with van der Waals surface area (Å²) >= 11 is 0. The van der Waals surface area contributed by atoms with E-state index >= 15 is 0 Å². The monoisotopic (exact) mass is 280 g/mol. The first kappa shape index (κ1) is 14.6. The second-order valence-corrected chi connectivity index (χ2v) is 4.72. The van der Waals surface area contributed by atoms with Crippen molar-refractivity contribution in [3.05, 3.63) is 59.2 Å². The number of nitriles is 1. The highest BCUT2D eigenvalue weighted by Gasteiger charge is 2.11. The minimum atomic E-state index is -0.194. The van der Waals surface area contributed by atoms with Gasteiger partial charge >= 0.3 is 0 Å². The molecule has 0 aliphatic rings. The van der Waals surface area contributed by atoms with Crippen molar-refractivity contribution in [3.8, 4) is 11.8 Å². The van der Waals surface area contributed by atoms with Crippen LogP contribution in [-0.2, 0) is 0 Å². The van der Waals surface area contributed by atoms with E-state index in [2.05, 4.69) is 5.32 Å². The Kier molecular flexibility index (Phi) is 4.57. The van der Waals surface area contributed by atoms with E-state index in [1.165, 1.54) is 0 Å². The minimum Gasteiger partial charge on any atom is -0.477 e. The maximum atomic E-state index is 12.3. The molecular weight excluding hydrogens is 264 g/mol. The molecule has 0 atom stereocenters. The number of ether oxygens (including phenoxy) is 1. The van der Waals surface area contributed by atoms with Crippen molar-refractivity contribution < 1.29 is 9.53 Å². The van der Waals surface area contributed by atoms with Crippen LogP contribution in [0.25, 0.3) is 0 Å². The number of amides is 1. The van der Waals surface area contributed by atoms with Gasteiger partial charge in [0.15, 0.2) is 6.61 Å². The van der Waals surface area contributed by atoms with Crippen LogP contribution >= 0.6 is 0 Å². The lowest BCUT2D eigenvalue weighted by atomic mass is 10.1. The van der Waals surface area contributed by atoms with Crippen LogP contribution in [0.2, 0.25) is 0 Å². The molecule has 4 heteroatoms. The van der Waals surface area contributed by atoms with Crippen molar-refractivity contribution >= 4 is 11.6 Å². The van der Waals surface area contributed by atoms with Crippen LogP contribution in [0.5, 0.6) is 5.75 Å². The fraction of sp³-hybridized carbons (Fsp3) is 0.176. The van der Waals surface area contributed by atoms with Gasteiger partial charge < -0.3 is 10.1 Å². The standard InChI is InChI=1S/C17H16N2O2/c1-12-7-8-14(13(2)11-12)17(20)19-15-5-3-4-6-16(15)21-10-9-18/h3-8,11H,10H2,1-2H3,(H,19,20). The molecule has 1 N–H and O–H groups in total. The van der Waals surface area contributed by atoms with Gasteiger partial charge in [0, 0.05) is 5.56 Å². The summed E-state index contributed by atoms with van der Waals surface area (Å²) in [5, 5.41) is 11.4. The third-order valence-corrected chi connectivity index (χ3v) is 3.05. The molecule has 2 aromatic rings. The Balaban J connectivity index is 2.22. The Bertz CT molecular complexity index is 702. The number of carbonyl (C=O) groups excluding carboxylic acids is 1. The number of aryl methyl sites for hydroxylation is 2. The van der Waals surface area contributed by atoms with Crippen molar-refractivity contribution in [2.45, 2.75) is 13.8 Å². The van der Waals surface area contributed by atoms with Gasteiger partial charge in [-0.05, 0) is 37.6 Å². The number of nitrogens with zero attached hydrogens (tertiary/aromatic N) is 1. The van der Waals surface area contributed by atoms with Crippen molar-refractivity contribution in [1.29, 1.82) is 5.26 Å². The third kappa shape index (κ3) is 3.61. The number of nitrogens with one attached hydrogen (secondary N) is 1. The van der Waals surface area contributed by atoms with Gasteiger partial charge in [-0.15, -0.1) is 0 Å². The molecule has 0 aliphatic carbocycles. The van der Waals surface area contributed by atoms with E-state index in [1.807, 2.05) is 32.0 Å². The van der Waals surface area contributed by atoms with Gasteiger partial charge in [0.2, 0.25) is 0 Å². The summed E-state index contributed by atoms with van der Waals surface area (Å²) in [7, 11) is 0. The van der Waals surface area contributed by atoms with Crippen LogP contribution in [0.4, 0.5) is 5.69 Å². The van der Waals surface area contributed by atoms with Crippen LogP contribution < -0.4 is 10.1 Å². The Labute approximate surface area is 124 Å². The van der Waals surface area contributed by atoms with E-state index in [4.69, 9.17) is 10.00 Å². The van der Waals surface area contributed by atoms with E-state index in [9.17, 15) is 4.79 Å². The normalized spacial score (nSPS) is 9.76. The quantitative estimate of drug-likeness (QED) is 0.932. The molecule has 0 bridgehead atoms. The Morgan fingerprint density at radius 1 is 1.24 bits per heavy atom. The number of rotatable bonds is 4. The highest BCUT2D eigenvalue weighted by molar-refractivity contribution is 6.06. The largest absolute Gasteiger partial charge is 0.477 e. The van der Waals surface area contributed by atoms with Gasteiger partial charge in [0.05, 0.1) is 5.69 Å². The van der Waals surface area contributed by atoms with Crippen molar-refractivity contribution in [1.82, 2.24) is 0 Å². The summed E-state index contributed by atoms with van der Waals surface area (Å²) < 4.78 is 5.30. The smallest absolute Gasteiger partial charge is 0.256 e. The zero-order valence-corrected chi connectivity index (χ0v) is 12.0. The molecule has 0 fully saturated rings. The lowest BCUT2D eigenvalue weighted by Gasteiger charge is -2.12. The highest BCUT2D eigenvalue weighted by atomic mass is 16.5. The van der Waals surface area contributed by atoms with Crippen LogP contribution in [0.3, 0.4) is 0 Å². The number of anilines is 1. The van der Waals surface area contributed by atoms with Gasteiger partial charge in [-0.1, -0.05) is 29.8 Å². The fourth-order valence-corrected chi connectivity index (χ4v) is 2.06. The summed E-state index contributed by atoms with van der Waals surface area (Å²) in [6, 6.07) is 14.6. The van der Waals surface area contributed by atoms with Gasteiger partial charge in [-0.2, -0.15) is 5.26 Å². The Morgan fingerprint density at radius 3 is 2.71 bits per heavy atom. The topological polar surface area (TPSA) is 62.1 Å². The first-order chi connectivity index (χ1) is 10.1. The van der Waals surface area contributed by atoms with Crippen LogP contribution in [-0.4, -0.2) is 12.5 Å². The lowest BCUT2D eigenvalue weighted by molar-refractivity contribution is 0.102. The SMILES string of the molecule is Cc1ccc(C(=O)Nc2ccccc2OCC#N)c(C)c1. The van der Waals surface area contributed by atoms with E-state index in [-0.39, 0.29) is 12.5 Å². The lowest BCUT2D eigenvalue weighted by Crippen LogP contribution is -2.14. The maximum Gasteiger partial charge on any atom is 0.256 e. The van der Waals surface area contributed by atoms with Gasteiger partial charge in [0.1, 0.15) is 11.8 Å². The van der Waals surface area contributed by atoms with Gasteiger partial charge in [0.25, 0.3) is 5.91 Å². The highest BCUT2D eigenvalue weighted by Crippen LogP contribution is 2.24. The molecular formula is C17H16N2O2. The molecule has 4 nitrogen and oxygen atoms in total. The number of hydrogen-bond acceptors (Lipinski definition) is 3. The number of hydrogen-bond donors (Lipinski definition) is 1. The van der Waals surface area contributed by atoms with E-state index in [0.29, 0.717) is 17.0 Å². The molecule has 0 aromatic heterocycles. The predicted molar refractivity (Wildman–Crippen MR) is 81.4 cm³/mol. The molecule has 2 rings (SSSR count). The van der Waals surface area contributed by atoms with Crippen LogP contribution in [0.15, 0.2) is 42.5 Å². The summed E-state index contributed by atoms with van der Waals surface area (Å²) in [5.41, 5.74) is 3.21. The molecule has 0 saturated carbocycles. The molecule has 0 heterocycles. The van der Waals surface area contributed by atoms with E-state index in [1.54, 1.807) is 30.3 Å². The van der Waals surface area contributed by atoms with Crippen LogP contribution in [0.1, 0.15) is 21.5 Å². The average Bonchev–Trinajstić information content (AvgIpc) is 2.46. The molecule has 2 aromatic carbocycles. The first-order valence-corrected chi connectivity index (χ1v) is 6.59. The summed E-state index contributed by atoms with van der Waals surface area (Å²) in [5.74, 6) is 0.290. The summed E-state index contributed by atoms with van der Waals surface area (Å²) in [4.78, 5) is 12.3. The third-order valence-electron chi connectivity index (χ3n) is 3.05. The Hall–Kier alpha value is -2.80. The first-order valence-electron chi connectivity index (χ1n) is 6.59. The molecule has 0 unspecified atom stereocenters.